The van der Waals surface area contributed by atoms with Gasteiger partial charge in [0.1, 0.15) is 0 Å². The van der Waals surface area contributed by atoms with Crippen LogP contribution in [-0.4, -0.2) is 71.6 Å². The summed E-state index contributed by atoms with van der Waals surface area (Å²) in [5.41, 5.74) is 2.90. The molecule has 11 heteroatoms. The molecule has 5 rings (SSSR count). The Morgan fingerprint density at radius 1 is 0.902 bits per heavy atom. The quantitative estimate of drug-likeness (QED) is 0.369. The van der Waals surface area contributed by atoms with Crippen LogP contribution in [-0.2, 0) is 11.3 Å². The number of rotatable bonds is 7. The lowest BCUT2D eigenvalue weighted by atomic mass is 10.1. The molecule has 0 saturated carbocycles. The van der Waals surface area contributed by atoms with E-state index >= 15 is 0 Å². The maximum absolute atomic E-state index is 13.1. The molecule has 0 unspecified atom stereocenters. The van der Waals surface area contributed by atoms with Crippen molar-refractivity contribution in [1.29, 1.82) is 0 Å². The van der Waals surface area contributed by atoms with Crippen LogP contribution < -0.4 is 25.2 Å². The van der Waals surface area contributed by atoms with Crippen LogP contribution in [0.4, 0.5) is 5.95 Å². The Morgan fingerprint density at radius 3 is 2.27 bits per heavy atom. The van der Waals surface area contributed by atoms with Crippen LogP contribution in [0.3, 0.4) is 0 Å². The first-order valence-corrected chi connectivity index (χ1v) is 13.3. The molecule has 0 aliphatic carbocycles. The highest BCUT2D eigenvalue weighted by Gasteiger charge is 2.22. The van der Waals surface area contributed by atoms with E-state index in [9.17, 15) is 14.4 Å². The Morgan fingerprint density at radius 2 is 1.61 bits per heavy atom. The largest absolute Gasteiger partial charge is 0.493 e. The molecule has 0 bridgehead atoms. The second-order valence-electron chi connectivity index (χ2n) is 9.77. The number of piperazine rings is 1. The number of amides is 2. The van der Waals surface area contributed by atoms with Gasteiger partial charge < -0.3 is 24.6 Å². The molecule has 0 radical (unpaired) electrons. The van der Waals surface area contributed by atoms with Gasteiger partial charge in [-0.2, -0.15) is 4.98 Å². The summed E-state index contributed by atoms with van der Waals surface area (Å²) in [5.74, 6) is 1.52. The van der Waals surface area contributed by atoms with E-state index in [1.54, 1.807) is 62.4 Å². The number of methoxy groups -OCH3 is 2. The standard InChI is InChI=1S/C30H32N6O5/c1-19-24-10-12-27(38)36(28(24)33-30(32-19)35-15-13-34(14-16-35)20(2)37)23-8-6-22(7-9-23)29(39)31-18-21-5-11-25(40-3)26(17-21)41-4/h5-12,17H,13-16,18H2,1-4H3,(H,31,39). The molecule has 11 nitrogen and oxygen atoms in total. The number of aryl methyl sites for hydroxylation is 1. The molecule has 0 atom stereocenters. The first-order valence-electron chi connectivity index (χ1n) is 13.3. The molecule has 1 saturated heterocycles. The molecule has 212 valence electrons. The molecule has 1 fully saturated rings. The minimum Gasteiger partial charge on any atom is -0.493 e. The van der Waals surface area contributed by atoms with Crippen molar-refractivity contribution in [2.24, 2.45) is 0 Å². The lowest BCUT2D eigenvalue weighted by Crippen LogP contribution is -2.48. The zero-order valence-electron chi connectivity index (χ0n) is 23.5. The number of carbonyl (C=O) groups excluding carboxylic acids is 2. The number of carbonyl (C=O) groups is 2. The second-order valence-corrected chi connectivity index (χ2v) is 9.77. The normalized spacial score (nSPS) is 13.3. The van der Waals surface area contributed by atoms with Crippen molar-refractivity contribution < 1.29 is 19.1 Å². The van der Waals surface area contributed by atoms with E-state index in [1.807, 2.05) is 24.0 Å². The molecular formula is C30H32N6O5. The van der Waals surface area contributed by atoms with Crippen molar-refractivity contribution in [3.63, 3.8) is 0 Å². The molecule has 4 aromatic rings. The molecule has 2 aromatic heterocycles. The van der Waals surface area contributed by atoms with Crippen molar-refractivity contribution >= 4 is 28.8 Å². The summed E-state index contributed by atoms with van der Waals surface area (Å²) in [7, 11) is 3.13. The van der Waals surface area contributed by atoms with Crippen LogP contribution >= 0.6 is 0 Å². The highest BCUT2D eigenvalue weighted by atomic mass is 16.5. The highest BCUT2D eigenvalue weighted by Crippen LogP contribution is 2.27. The minimum absolute atomic E-state index is 0.0483. The summed E-state index contributed by atoms with van der Waals surface area (Å²) in [6, 6.07) is 15.5. The summed E-state index contributed by atoms with van der Waals surface area (Å²) in [5, 5.41) is 3.67. The molecule has 1 N–H and O–H groups in total. The molecule has 1 aliphatic heterocycles. The van der Waals surface area contributed by atoms with Gasteiger partial charge in [0.2, 0.25) is 11.9 Å². The van der Waals surface area contributed by atoms with Crippen molar-refractivity contribution in [1.82, 2.24) is 24.8 Å². The molecule has 0 spiro atoms. The van der Waals surface area contributed by atoms with Gasteiger partial charge in [-0.05, 0) is 55.0 Å². The number of nitrogens with one attached hydrogen (secondary N) is 1. The Bertz CT molecular complexity index is 1660. The predicted octanol–water partition coefficient (Wildman–Crippen LogP) is 2.70. The zero-order chi connectivity index (χ0) is 29.1. The van der Waals surface area contributed by atoms with Gasteiger partial charge in [-0.15, -0.1) is 0 Å². The first-order chi connectivity index (χ1) is 19.8. The average Bonchev–Trinajstić information content (AvgIpc) is 2.99. The fourth-order valence-electron chi connectivity index (χ4n) is 4.90. The molecular weight excluding hydrogens is 524 g/mol. The topological polar surface area (TPSA) is 119 Å². The summed E-state index contributed by atoms with van der Waals surface area (Å²) < 4.78 is 12.1. The summed E-state index contributed by atoms with van der Waals surface area (Å²) >= 11 is 0. The van der Waals surface area contributed by atoms with Gasteiger partial charge in [-0.1, -0.05) is 6.07 Å². The Kier molecular flexibility index (Phi) is 7.86. The Hall–Kier alpha value is -4.93. The van der Waals surface area contributed by atoms with Gasteiger partial charge >= 0.3 is 0 Å². The molecule has 41 heavy (non-hydrogen) atoms. The van der Waals surface area contributed by atoms with Crippen LogP contribution in [0.1, 0.15) is 28.5 Å². The zero-order valence-corrected chi connectivity index (χ0v) is 23.5. The van der Waals surface area contributed by atoms with Crippen LogP contribution in [0.5, 0.6) is 11.5 Å². The van der Waals surface area contributed by atoms with E-state index in [1.165, 1.54) is 10.6 Å². The number of anilines is 1. The van der Waals surface area contributed by atoms with E-state index in [0.29, 0.717) is 67.1 Å². The monoisotopic (exact) mass is 556 g/mol. The van der Waals surface area contributed by atoms with Gasteiger partial charge in [0.25, 0.3) is 11.5 Å². The lowest BCUT2D eigenvalue weighted by molar-refractivity contribution is -0.129. The van der Waals surface area contributed by atoms with Crippen molar-refractivity contribution in [3.8, 4) is 17.2 Å². The molecule has 1 aliphatic rings. The van der Waals surface area contributed by atoms with E-state index in [4.69, 9.17) is 19.4 Å². The average molecular weight is 557 g/mol. The summed E-state index contributed by atoms with van der Waals surface area (Å²) in [6.07, 6.45) is 0. The third kappa shape index (κ3) is 5.69. The van der Waals surface area contributed by atoms with Crippen molar-refractivity contribution in [2.45, 2.75) is 20.4 Å². The van der Waals surface area contributed by atoms with Gasteiger partial charge in [-0.3, -0.25) is 19.0 Å². The van der Waals surface area contributed by atoms with Gasteiger partial charge in [0, 0.05) is 56.7 Å². The molecule has 3 heterocycles. The lowest BCUT2D eigenvalue weighted by Gasteiger charge is -2.34. The molecule has 2 aromatic carbocycles. The first kappa shape index (κ1) is 27.6. The smallest absolute Gasteiger partial charge is 0.256 e. The second kappa shape index (κ2) is 11.7. The Balaban J connectivity index is 1.38. The van der Waals surface area contributed by atoms with Crippen molar-refractivity contribution in [3.05, 3.63) is 81.8 Å². The highest BCUT2D eigenvalue weighted by molar-refractivity contribution is 5.94. The minimum atomic E-state index is -0.248. The number of nitrogens with zero attached hydrogens (tertiary/aromatic N) is 5. The van der Waals surface area contributed by atoms with Crippen LogP contribution in [0.15, 0.2) is 59.4 Å². The molecule has 2 amide bonds. The van der Waals surface area contributed by atoms with E-state index in [2.05, 4.69) is 5.32 Å². The van der Waals surface area contributed by atoms with Gasteiger partial charge in [0.05, 0.1) is 25.6 Å². The fraction of sp³-hybridized carbons (Fsp3) is 0.300. The summed E-state index contributed by atoms with van der Waals surface area (Å²) in [6.45, 7) is 6.16. The SMILES string of the molecule is COc1ccc(CNC(=O)c2ccc(-n3c(=O)ccc4c(C)nc(N5CCN(C(C)=O)CC5)nc43)cc2)cc1OC. The number of ether oxygens (including phenoxy) is 2. The van der Waals surface area contributed by atoms with Crippen LogP contribution in [0.2, 0.25) is 0 Å². The van der Waals surface area contributed by atoms with Crippen LogP contribution in [0.25, 0.3) is 16.7 Å². The van der Waals surface area contributed by atoms with E-state index in [-0.39, 0.29) is 17.4 Å². The number of hydrogen-bond donors (Lipinski definition) is 1. The number of hydrogen-bond acceptors (Lipinski definition) is 8. The maximum atomic E-state index is 13.1. The number of aromatic nitrogens is 3. The third-order valence-electron chi connectivity index (χ3n) is 7.23. The maximum Gasteiger partial charge on any atom is 0.256 e. The number of fused-ring (bicyclic) bond motifs is 1. The third-order valence-corrected chi connectivity index (χ3v) is 7.23. The van der Waals surface area contributed by atoms with E-state index < -0.39 is 0 Å². The predicted molar refractivity (Wildman–Crippen MR) is 155 cm³/mol. The van der Waals surface area contributed by atoms with Gasteiger partial charge in [0.15, 0.2) is 17.1 Å². The fourth-order valence-corrected chi connectivity index (χ4v) is 4.90. The van der Waals surface area contributed by atoms with Crippen LogP contribution in [0, 0.1) is 6.92 Å². The number of benzene rings is 2. The van der Waals surface area contributed by atoms with Gasteiger partial charge in [-0.25, -0.2) is 4.98 Å². The summed E-state index contributed by atoms with van der Waals surface area (Å²) in [4.78, 5) is 51.0. The van der Waals surface area contributed by atoms with E-state index in [0.717, 1.165) is 16.6 Å². The Labute approximate surface area is 237 Å². The number of pyridine rings is 1. The van der Waals surface area contributed by atoms with Crippen molar-refractivity contribution in [2.75, 3.05) is 45.3 Å².